The Morgan fingerprint density at radius 3 is 2.62 bits per heavy atom. The van der Waals surface area contributed by atoms with Crippen molar-refractivity contribution < 1.29 is 4.79 Å². The van der Waals surface area contributed by atoms with Crippen LogP contribution >= 0.6 is 11.6 Å². The van der Waals surface area contributed by atoms with Crippen molar-refractivity contribution in [3.63, 3.8) is 0 Å². The summed E-state index contributed by atoms with van der Waals surface area (Å²) in [6, 6.07) is 1.32. The maximum atomic E-state index is 13.1. The van der Waals surface area contributed by atoms with Gasteiger partial charge in [0.2, 0.25) is 0 Å². The van der Waals surface area contributed by atoms with Gasteiger partial charge in [-0.25, -0.2) is 0 Å². The summed E-state index contributed by atoms with van der Waals surface area (Å²) in [4.78, 5) is 13.1. The fourth-order valence-corrected chi connectivity index (χ4v) is 6.89. The van der Waals surface area contributed by atoms with Gasteiger partial charge < -0.3 is 10.6 Å². The summed E-state index contributed by atoms with van der Waals surface area (Å²) < 4.78 is 0. The number of hydrogen-bond donors (Lipinski definition) is 2. The summed E-state index contributed by atoms with van der Waals surface area (Å²) in [6.45, 7) is 5.53. The molecule has 4 aliphatic rings. The monoisotopic (exact) mass is 380 g/mol. The molecule has 0 spiro atoms. The van der Waals surface area contributed by atoms with E-state index in [1.54, 1.807) is 0 Å². The van der Waals surface area contributed by atoms with Crippen molar-refractivity contribution in [1.82, 2.24) is 10.6 Å². The third-order valence-corrected chi connectivity index (χ3v) is 8.33. The van der Waals surface area contributed by atoms with E-state index in [2.05, 4.69) is 24.5 Å². The van der Waals surface area contributed by atoms with Crippen LogP contribution in [-0.4, -0.2) is 35.8 Å². The molecule has 1 heterocycles. The lowest BCUT2D eigenvalue weighted by Crippen LogP contribution is -2.68. The van der Waals surface area contributed by atoms with Crippen LogP contribution in [0.5, 0.6) is 0 Å². The zero-order chi connectivity index (χ0) is 18.3. The van der Waals surface area contributed by atoms with Crippen LogP contribution in [0.1, 0.15) is 78.1 Å². The first-order valence-electron chi connectivity index (χ1n) is 11.1. The molecule has 4 fully saturated rings. The Kier molecular flexibility index (Phi) is 5.70. The van der Waals surface area contributed by atoms with Gasteiger partial charge >= 0.3 is 0 Å². The van der Waals surface area contributed by atoms with Crippen LogP contribution < -0.4 is 10.6 Å². The number of nitrogens with one attached hydrogen (secondary N) is 2. The van der Waals surface area contributed by atoms with Crippen LogP contribution in [0.3, 0.4) is 0 Å². The van der Waals surface area contributed by atoms with Crippen molar-refractivity contribution in [2.45, 2.75) is 102 Å². The van der Waals surface area contributed by atoms with Crippen molar-refractivity contribution in [3.8, 4) is 0 Å². The molecule has 4 rings (SSSR count). The van der Waals surface area contributed by atoms with E-state index in [-0.39, 0.29) is 11.3 Å². The highest BCUT2D eigenvalue weighted by Crippen LogP contribution is 2.44. The number of carbonyl (C=O) groups is 1. The zero-order valence-electron chi connectivity index (χ0n) is 16.6. The van der Waals surface area contributed by atoms with Gasteiger partial charge in [0, 0.05) is 35.8 Å². The van der Waals surface area contributed by atoms with Gasteiger partial charge in [-0.05, 0) is 55.9 Å². The van der Waals surface area contributed by atoms with Crippen LogP contribution in [-0.2, 0) is 4.79 Å². The number of piperidine rings is 1. The van der Waals surface area contributed by atoms with Gasteiger partial charge in [0.1, 0.15) is 5.78 Å². The molecule has 0 amide bonds. The maximum absolute atomic E-state index is 13.1. The number of halogens is 1. The normalized spacial score (nSPS) is 45.7. The number of alkyl halides is 1. The average Bonchev–Trinajstić information content (AvgIpc) is 2.59. The summed E-state index contributed by atoms with van der Waals surface area (Å²) in [5.74, 6) is 1.86. The molecule has 3 saturated carbocycles. The van der Waals surface area contributed by atoms with Crippen molar-refractivity contribution in [2.75, 3.05) is 6.54 Å². The predicted molar refractivity (Wildman–Crippen MR) is 108 cm³/mol. The Morgan fingerprint density at radius 1 is 1.08 bits per heavy atom. The molecule has 148 valence electrons. The van der Waals surface area contributed by atoms with E-state index < -0.39 is 0 Å². The molecule has 0 bridgehead atoms. The predicted octanol–water partition coefficient (Wildman–Crippen LogP) is 4.28. The van der Waals surface area contributed by atoms with E-state index in [0.29, 0.717) is 41.1 Å². The van der Waals surface area contributed by atoms with Gasteiger partial charge in [-0.15, -0.1) is 11.6 Å². The first-order chi connectivity index (χ1) is 12.4. The lowest BCUT2D eigenvalue weighted by atomic mass is 9.60. The van der Waals surface area contributed by atoms with Gasteiger partial charge in [-0.1, -0.05) is 39.5 Å². The van der Waals surface area contributed by atoms with Crippen LogP contribution in [0.25, 0.3) is 0 Å². The smallest absolute Gasteiger partial charge is 0.139 e. The molecule has 0 aromatic heterocycles. The molecule has 2 N–H and O–H groups in total. The lowest BCUT2D eigenvalue weighted by molar-refractivity contribution is -0.134. The summed E-state index contributed by atoms with van der Waals surface area (Å²) in [5.41, 5.74) is 0.141. The van der Waals surface area contributed by atoms with Crippen molar-refractivity contribution in [2.24, 2.45) is 23.2 Å². The van der Waals surface area contributed by atoms with E-state index in [1.807, 2.05) is 0 Å². The van der Waals surface area contributed by atoms with E-state index in [1.165, 1.54) is 44.9 Å². The third-order valence-electron chi connectivity index (χ3n) is 7.76. The number of hydrogen-bond acceptors (Lipinski definition) is 3. The molecule has 7 atom stereocenters. The second kappa shape index (κ2) is 7.72. The standard InChI is InChI=1S/C22H37ClN2O/c1-22(2)11-18-20(19(26)12-22)21(15-8-4-6-10-17(15)25-18)24-13-14-7-3-5-9-16(14)23/h14-18,20-21,24-25H,3-13H2,1-2H3. The number of rotatable bonds is 3. The molecular formula is C22H37ClN2O. The summed E-state index contributed by atoms with van der Waals surface area (Å²) in [6.07, 6.45) is 12.1. The average molecular weight is 381 g/mol. The van der Waals surface area contributed by atoms with Gasteiger partial charge in [0.15, 0.2) is 0 Å². The number of carbonyl (C=O) groups excluding carboxylic acids is 1. The van der Waals surface area contributed by atoms with Crippen molar-refractivity contribution in [1.29, 1.82) is 0 Å². The van der Waals surface area contributed by atoms with Gasteiger partial charge in [-0.3, -0.25) is 4.79 Å². The van der Waals surface area contributed by atoms with Crippen LogP contribution in [0.2, 0.25) is 0 Å². The Bertz CT molecular complexity index is 522. The van der Waals surface area contributed by atoms with Gasteiger partial charge in [0.05, 0.1) is 0 Å². The minimum Gasteiger partial charge on any atom is -0.313 e. The molecule has 4 heteroatoms. The molecule has 3 nitrogen and oxygen atoms in total. The minimum absolute atomic E-state index is 0.141. The molecular weight excluding hydrogens is 344 g/mol. The molecule has 0 radical (unpaired) electrons. The Morgan fingerprint density at radius 2 is 1.81 bits per heavy atom. The quantitative estimate of drug-likeness (QED) is 0.718. The minimum atomic E-state index is 0.141. The van der Waals surface area contributed by atoms with Crippen LogP contribution in [0.15, 0.2) is 0 Å². The Hall–Kier alpha value is -0.120. The largest absolute Gasteiger partial charge is 0.313 e. The lowest BCUT2D eigenvalue weighted by Gasteiger charge is -2.54. The molecule has 0 aromatic carbocycles. The van der Waals surface area contributed by atoms with E-state index in [4.69, 9.17) is 11.6 Å². The summed E-state index contributed by atoms with van der Waals surface area (Å²) in [7, 11) is 0. The van der Waals surface area contributed by atoms with Crippen molar-refractivity contribution in [3.05, 3.63) is 0 Å². The maximum Gasteiger partial charge on any atom is 0.139 e. The highest BCUT2D eigenvalue weighted by molar-refractivity contribution is 6.20. The second-order valence-electron chi connectivity index (χ2n) is 10.4. The number of ketones is 1. The van der Waals surface area contributed by atoms with Crippen LogP contribution in [0.4, 0.5) is 0 Å². The first kappa shape index (κ1) is 19.2. The fraction of sp³-hybridized carbons (Fsp3) is 0.955. The molecule has 1 aliphatic heterocycles. The van der Waals surface area contributed by atoms with E-state index in [9.17, 15) is 4.79 Å². The molecule has 3 aliphatic carbocycles. The fourth-order valence-electron chi connectivity index (χ4n) is 6.52. The molecule has 0 aromatic rings. The molecule has 1 saturated heterocycles. The van der Waals surface area contributed by atoms with E-state index in [0.717, 1.165) is 25.8 Å². The van der Waals surface area contributed by atoms with Gasteiger partial charge in [-0.2, -0.15) is 0 Å². The van der Waals surface area contributed by atoms with Crippen LogP contribution in [0, 0.1) is 23.2 Å². The van der Waals surface area contributed by atoms with Crippen molar-refractivity contribution >= 4 is 17.4 Å². The number of fused-ring (bicyclic) bond motifs is 2. The zero-order valence-corrected chi connectivity index (χ0v) is 17.4. The summed E-state index contributed by atoms with van der Waals surface area (Å²) in [5, 5.41) is 8.18. The molecule has 7 unspecified atom stereocenters. The number of Topliss-reactive ketones (excluding diaryl/α,β-unsaturated/α-hetero) is 1. The highest BCUT2D eigenvalue weighted by Gasteiger charge is 2.52. The third kappa shape index (κ3) is 3.86. The van der Waals surface area contributed by atoms with Gasteiger partial charge in [0.25, 0.3) is 0 Å². The first-order valence-corrected chi connectivity index (χ1v) is 11.5. The van der Waals surface area contributed by atoms with E-state index >= 15 is 0 Å². The second-order valence-corrected chi connectivity index (χ2v) is 10.9. The summed E-state index contributed by atoms with van der Waals surface area (Å²) >= 11 is 6.62. The highest BCUT2D eigenvalue weighted by atomic mass is 35.5. The topological polar surface area (TPSA) is 41.1 Å². The Labute approximate surface area is 164 Å². The molecule has 26 heavy (non-hydrogen) atoms. The Balaban J connectivity index is 1.51. The SMILES string of the molecule is CC1(C)CC(=O)C2C(C1)NC1CCCCC1C2NCC1CCCCC1Cl.